The largest absolute Gasteiger partial charge is 0.291 e. The molecule has 3 rings (SSSR count). The third-order valence-electron chi connectivity index (χ3n) is 2.72. The number of nitrogens with zero attached hydrogens (tertiary/aromatic N) is 3. The normalized spacial score (nSPS) is 12.7. The fourth-order valence-corrected chi connectivity index (χ4v) is 2.31. The van der Waals surface area contributed by atoms with Crippen LogP contribution in [0.15, 0.2) is 53.8 Å². The van der Waals surface area contributed by atoms with E-state index in [9.17, 15) is 4.21 Å². The third-order valence-corrected chi connectivity index (χ3v) is 3.65. The van der Waals surface area contributed by atoms with Gasteiger partial charge in [-0.2, -0.15) is 0 Å². The second-order valence-electron chi connectivity index (χ2n) is 3.93. The Morgan fingerprint density at radius 3 is 2.67 bits per heavy atom. The Hall–Kier alpha value is -2.01. The van der Waals surface area contributed by atoms with Gasteiger partial charge in [0.1, 0.15) is 0 Å². The standard InChI is InChI=1S/C13H11N3OS/c1-18(17)11-5-3-10(4-6-11)12-9-16-8-2-7-14-13(16)15-12/h2-9H,1H3. The van der Waals surface area contributed by atoms with Gasteiger partial charge in [0, 0.05) is 46.1 Å². The lowest BCUT2D eigenvalue weighted by Crippen LogP contribution is -1.86. The molecule has 0 N–H and O–H groups in total. The first-order valence-electron chi connectivity index (χ1n) is 5.47. The van der Waals surface area contributed by atoms with Crippen molar-refractivity contribution in [2.45, 2.75) is 4.90 Å². The minimum absolute atomic E-state index is 0.677. The fourth-order valence-electron chi connectivity index (χ4n) is 1.79. The predicted octanol–water partition coefficient (Wildman–Crippen LogP) is 2.13. The highest BCUT2D eigenvalue weighted by molar-refractivity contribution is 7.84. The van der Waals surface area contributed by atoms with Crippen LogP contribution in [0.1, 0.15) is 0 Å². The van der Waals surface area contributed by atoms with Gasteiger partial charge in [-0.1, -0.05) is 12.1 Å². The number of imidazole rings is 1. The molecule has 1 unspecified atom stereocenters. The molecule has 0 radical (unpaired) electrons. The van der Waals surface area contributed by atoms with Gasteiger partial charge in [0.2, 0.25) is 5.78 Å². The smallest absolute Gasteiger partial charge is 0.234 e. The van der Waals surface area contributed by atoms with Gasteiger partial charge in [-0.3, -0.25) is 8.61 Å². The summed E-state index contributed by atoms with van der Waals surface area (Å²) in [5.74, 6) is 0.677. The highest BCUT2D eigenvalue weighted by Crippen LogP contribution is 2.19. The quantitative estimate of drug-likeness (QED) is 0.706. The lowest BCUT2D eigenvalue weighted by Gasteiger charge is -1.98. The highest BCUT2D eigenvalue weighted by atomic mass is 32.2. The van der Waals surface area contributed by atoms with E-state index >= 15 is 0 Å². The maximum atomic E-state index is 11.3. The summed E-state index contributed by atoms with van der Waals surface area (Å²) in [7, 11) is -0.946. The van der Waals surface area contributed by atoms with Crippen LogP contribution in [0.5, 0.6) is 0 Å². The van der Waals surface area contributed by atoms with Gasteiger partial charge in [-0.25, -0.2) is 9.97 Å². The van der Waals surface area contributed by atoms with E-state index in [1.54, 1.807) is 12.5 Å². The van der Waals surface area contributed by atoms with E-state index in [0.717, 1.165) is 16.2 Å². The topological polar surface area (TPSA) is 47.3 Å². The number of hydrogen-bond donors (Lipinski definition) is 0. The Kier molecular flexibility index (Phi) is 2.68. The molecule has 0 aliphatic rings. The number of aromatic nitrogens is 3. The van der Waals surface area contributed by atoms with E-state index in [4.69, 9.17) is 0 Å². The number of rotatable bonds is 2. The number of fused-ring (bicyclic) bond motifs is 1. The summed E-state index contributed by atoms with van der Waals surface area (Å²) < 4.78 is 13.2. The predicted molar refractivity (Wildman–Crippen MR) is 70.8 cm³/mol. The van der Waals surface area contributed by atoms with E-state index in [0.29, 0.717) is 5.78 Å². The molecule has 5 heteroatoms. The Labute approximate surface area is 107 Å². The summed E-state index contributed by atoms with van der Waals surface area (Å²) in [5.41, 5.74) is 1.86. The van der Waals surface area contributed by atoms with Gasteiger partial charge in [-0.15, -0.1) is 0 Å². The van der Waals surface area contributed by atoms with Crippen LogP contribution in [-0.2, 0) is 10.8 Å². The van der Waals surface area contributed by atoms with Crippen molar-refractivity contribution in [3.8, 4) is 11.3 Å². The molecule has 0 bridgehead atoms. The zero-order valence-corrected chi connectivity index (χ0v) is 10.6. The molecule has 0 saturated heterocycles. The van der Waals surface area contributed by atoms with E-state index in [1.165, 1.54) is 0 Å². The van der Waals surface area contributed by atoms with E-state index in [2.05, 4.69) is 9.97 Å². The second kappa shape index (κ2) is 4.34. The molecule has 2 heterocycles. The van der Waals surface area contributed by atoms with Gasteiger partial charge in [0.25, 0.3) is 0 Å². The summed E-state index contributed by atoms with van der Waals surface area (Å²) >= 11 is 0. The summed E-state index contributed by atoms with van der Waals surface area (Å²) in [6, 6.07) is 9.45. The van der Waals surface area contributed by atoms with Gasteiger partial charge < -0.3 is 0 Å². The van der Waals surface area contributed by atoms with Crippen LogP contribution in [-0.4, -0.2) is 24.8 Å². The first-order chi connectivity index (χ1) is 8.74. The molecule has 2 aromatic heterocycles. The molecule has 90 valence electrons. The fraction of sp³-hybridized carbons (Fsp3) is 0.0769. The van der Waals surface area contributed by atoms with Crippen molar-refractivity contribution in [1.82, 2.24) is 14.4 Å². The maximum Gasteiger partial charge on any atom is 0.234 e. The Balaban J connectivity index is 2.06. The van der Waals surface area contributed by atoms with E-state index in [1.807, 2.05) is 47.1 Å². The van der Waals surface area contributed by atoms with Crippen LogP contribution in [0.4, 0.5) is 0 Å². The van der Waals surface area contributed by atoms with Crippen LogP contribution in [0.3, 0.4) is 0 Å². The average molecular weight is 257 g/mol. The molecule has 0 aliphatic carbocycles. The lowest BCUT2D eigenvalue weighted by molar-refractivity contribution is 0.687. The second-order valence-corrected chi connectivity index (χ2v) is 5.31. The molecule has 1 aromatic carbocycles. The molecule has 0 spiro atoms. The van der Waals surface area contributed by atoms with Gasteiger partial charge in [0.15, 0.2) is 0 Å². The van der Waals surface area contributed by atoms with Crippen molar-refractivity contribution in [3.63, 3.8) is 0 Å². The molecule has 4 nitrogen and oxygen atoms in total. The van der Waals surface area contributed by atoms with Crippen LogP contribution in [0.25, 0.3) is 17.0 Å². The summed E-state index contributed by atoms with van der Waals surface area (Å²) in [5, 5.41) is 0. The van der Waals surface area contributed by atoms with Crippen molar-refractivity contribution in [1.29, 1.82) is 0 Å². The summed E-state index contributed by atoms with van der Waals surface area (Å²) in [4.78, 5) is 9.43. The van der Waals surface area contributed by atoms with Crippen molar-refractivity contribution in [3.05, 3.63) is 48.9 Å². The van der Waals surface area contributed by atoms with E-state index in [-0.39, 0.29) is 0 Å². The van der Waals surface area contributed by atoms with E-state index < -0.39 is 10.8 Å². The van der Waals surface area contributed by atoms with Crippen LogP contribution in [0.2, 0.25) is 0 Å². The molecule has 18 heavy (non-hydrogen) atoms. The summed E-state index contributed by atoms with van der Waals surface area (Å²) in [6.07, 6.45) is 7.23. The highest BCUT2D eigenvalue weighted by Gasteiger charge is 2.05. The van der Waals surface area contributed by atoms with Gasteiger partial charge >= 0.3 is 0 Å². The van der Waals surface area contributed by atoms with Crippen LogP contribution in [0, 0.1) is 0 Å². The molecule has 3 aromatic rings. The van der Waals surface area contributed by atoms with Gasteiger partial charge in [-0.05, 0) is 18.2 Å². The van der Waals surface area contributed by atoms with Crippen molar-refractivity contribution >= 4 is 16.6 Å². The minimum Gasteiger partial charge on any atom is -0.291 e. The molecule has 1 atom stereocenters. The third kappa shape index (κ3) is 1.93. The number of benzene rings is 1. The minimum atomic E-state index is -0.946. The molecule has 0 aliphatic heterocycles. The van der Waals surface area contributed by atoms with Crippen LogP contribution < -0.4 is 0 Å². The molecule has 0 fully saturated rings. The zero-order valence-electron chi connectivity index (χ0n) is 9.78. The monoisotopic (exact) mass is 257 g/mol. The Morgan fingerprint density at radius 2 is 2.00 bits per heavy atom. The number of hydrogen-bond acceptors (Lipinski definition) is 3. The summed E-state index contributed by atoms with van der Waals surface area (Å²) in [6.45, 7) is 0. The lowest BCUT2D eigenvalue weighted by atomic mass is 10.2. The Bertz CT molecular complexity index is 685. The molecular weight excluding hydrogens is 246 g/mol. The van der Waals surface area contributed by atoms with Crippen molar-refractivity contribution in [2.75, 3.05) is 6.26 Å². The Morgan fingerprint density at radius 1 is 1.22 bits per heavy atom. The zero-order chi connectivity index (χ0) is 12.5. The van der Waals surface area contributed by atoms with Crippen molar-refractivity contribution < 1.29 is 4.21 Å². The first-order valence-corrected chi connectivity index (χ1v) is 7.03. The van der Waals surface area contributed by atoms with Crippen LogP contribution >= 0.6 is 0 Å². The van der Waals surface area contributed by atoms with Crippen molar-refractivity contribution in [2.24, 2.45) is 0 Å². The molecule has 0 saturated carbocycles. The molecule has 0 amide bonds. The average Bonchev–Trinajstić information content (AvgIpc) is 2.82. The molecular formula is C13H11N3OS. The SMILES string of the molecule is CS(=O)c1ccc(-c2cn3cccnc3n2)cc1. The van der Waals surface area contributed by atoms with Gasteiger partial charge in [0.05, 0.1) is 5.69 Å². The first kappa shape index (κ1) is 11.1. The maximum absolute atomic E-state index is 11.3.